The van der Waals surface area contributed by atoms with Crippen molar-refractivity contribution in [2.24, 2.45) is 0 Å². The van der Waals surface area contributed by atoms with Crippen LogP contribution in [0.4, 0.5) is 0 Å². The predicted molar refractivity (Wildman–Crippen MR) is 65.8 cm³/mol. The van der Waals surface area contributed by atoms with Gasteiger partial charge in [-0.05, 0) is 25.0 Å². The number of benzene rings is 1. The zero-order valence-electron chi connectivity index (χ0n) is 9.87. The summed E-state index contributed by atoms with van der Waals surface area (Å²) in [6.07, 6.45) is 1.89. The van der Waals surface area contributed by atoms with Crippen LogP contribution >= 0.6 is 0 Å². The SMILES string of the molecule is O=C(O)c1nc2ccccc2n1C1CCCOC1. The van der Waals surface area contributed by atoms with Gasteiger partial charge in [-0.1, -0.05) is 12.1 Å². The van der Waals surface area contributed by atoms with Crippen molar-refractivity contribution in [2.75, 3.05) is 13.2 Å². The second-order valence-electron chi connectivity index (χ2n) is 4.47. The zero-order valence-corrected chi connectivity index (χ0v) is 9.87. The molecule has 5 nitrogen and oxygen atoms in total. The van der Waals surface area contributed by atoms with E-state index in [4.69, 9.17) is 4.74 Å². The number of rotatable bonds is 2. The molecule has 0 saturated carbocycles. The summed E-state index contributed by atoms with van der Waals surface area (Å²) in [6.45, 7) is 1.31. The van der Waals surface area contributed by atoms with Gasteiger partial charge in [-0.3, -0.25) is 0 Å². The molecule has 1 aliphatic heterocycles. The average molecular weight is 246 g/mol. The minimum absolute atomic E-state index is 0.0669. The molecule has 1 aromatic heterocycles. The van der Waals surface area contributed by atoms with Gasteiger partial charge in [-0.25, -0.2) is 9.78 Å². The van der Waals surface area contributed by atoms with Gasteiger partial charge < -0.3 is 14.4 Å². The van der Waals surface area contributed by atoms with Crippen molar-refractivity contribution < 1.29 is 14.6 Å². The Kier molecular flexibility index (Phi) is 2.76. The lowest BCUT2D eigenvalue weighted by molar-refractivity contribution is 0.0545. The number of para-hydroxylation sites is 2. The van der Waals surface area contributed by atoms with E-state index in [0.29, 0.717) is 6.61 Å². The summed E-state index contributed by atoms with van der Waals surface area (Å²) in [5, 5.41) is 9.27. The summed E-state index contributed by atoms with van der Waals surface area (Å²) in [6, 6.07) is 7.57. The van der Waals surface area contributed by atoms with Crippen LogP contribution in [0.1, 0.15) is 29.5 Å². The molecule has 0 spiro atoms. The Hall–Kier alpha value is -1.88. The topological polar surface area (TPSA) is 64.3 Å². The largest absolute Gasteiger partial charge is 0.475 e. The van der Waals surface area contributed by atoms with Crippen molar-refractivity contribution in [3.8, 4) is 0 Å². The molecule has 1 atom stereocenters. The molecule has 0 radical (unpaired) electrons. The molecule has 1 aromatic carbocycles. The number of aromatic carboxylic acids is 1. The molecule has 1 saturated heterocycles. The number of ether oxygens (including phenoxy) is 1. The number of hydrogen-bond donors (Lipinski definition) is 1. The number of carboxylic acid groups (broad SMARTS) is 1. The molecule has 2 aromatic rings. The minimum atomic E-state index is -0.989. The molecule has 1 unspecified atom stereocenters. The van der Waals surface area contributed by atoms with E-state index in [1.165, 1.54) is 0 Å². The number of imidazole rings is 1. The molecular weight excluding hydrogens is 232 g/mol. The predicted octanol–water partition coefficient (Wildman–Crippen LogP) is 2.09. The molecule has 2 heterocycles. The highest BCUT2D eigenvalue weighted by molar-refractivity contribution is 5.90. The second-order valence-corrected chi connectivity index (χ2v) is 4.47. The van der Waals surface area contributed by atoms with Crippen LogP contribution < -0.4 is 0 Å². The van der Waals surface area contributed by atoms with Gasteiger partial charge in [0.25, 0.3) is 0 Å². The van der Waals surface area contributed by atoms with E-state index < -0.39 is 5.97 Å². The summed E-state index contributed by atoms with van der Waals surface area (Å²) < 4.78 is 7.25. The van der Waals surface area contributed by atoms with Gasteiger partial charge in [-0.15, -0.1) is 0 Å². The Morgan fingerprint density at radius 2 is 2.28 bits per heavy atom. The first kappa shape index (κ1) is 11.2. The van der Waals surface area contributed by atoms with Gasteiger partial charge in [0.05, 0.1) is 23.7 Å². The van der Waals surface area contributed by atoms with Crippen molar-refractivity contribution in [3.63, 3.8) is 0 Å². The van der Waals surface area contributed by atoms with Crippen LogP contribution in [-0.4, -0.2) is 33.8 Å². The van der Waals surface area contributed by atoms with Crippen molar-refractivity contribution >= 4 is 17.0 Å². The van der Waals surface area contributed by atoms with E-state index >= 15 is 0 Å². The minimum Gasteiger partial charge on any atom is -0.475 e. The van der Waals surface area contributed by atoms with Gasteiger partial charge >= 0.3 is 5.97 Å². The van der Waals surface area contributed by atoms with Gasteiger partial charge in [0.15, 0.2) is 0 Å². The number of aromatic nitrogens is 2. The summed E-state index contributed by atoms with van der Waals surface area (Å²) in [5.41, 5.74) is 1.59. The molecule has 3 rings (SSSR count). The molecule has 1 fully saturated rings. The number of nitrogens with zero attached hydrogens (tertiary/aromatic N) is 2. The highest BCUT2D eigenvalue weighted by atomic mass is 16.5. The Bertz CT molecular complexity index is 585. The third kappa shape index (κ3) is 1.76. The van der Waals surface area contributed by atoms with Crippen molar-refractivity contribution in [3.05, 3.63) is 30.1 Å². The fourth-order valence-corrected chi connectivity index (χ4v) is 2.49. The first-order chi connectivity index (χ1) is 8.77. The third-order valence-electron chi connectivity index (χ3n) is 3.29. The normalized spacial score (nSPS) is 20.1. The van der Waals surface area contributed by atoms with Gasteiger partial charge in [0, 0.05) is 6.61 Å². The Labute approximate surface area is 104 Å². The summed E-state index contributed by atoms with van der Waals surface area (Å²) in [5.74, 6) is -0.886. The third-order valence-corrected chi connectivity index (χ3v) is 3.29. The highest BCUT2D eigenvalue weighted by Gasteiger charge is 2.24. The summed E-state index contributed by atoms with van der Waals surface area (Å²) in [7, 11) is 0. The van der Waals surface area contributed by atoms with Gasteiger partial charge in [-0.2, -0.15) is 0 Å². The molecule has 1 N–H and O–H groups in total. The molecular formula is C13H14N2O3. The standard InChI is InChI=1S/C13H14N2O3/c16-13(17)12-14-10-5-1-2-6-11(10)15(12)9-4-3-7-18-8-9/h1-2,5-6,9H,3-4,7-8H2,(H,16,17). The van der Waals surface area contributed by atoms with Gasteiger partial charge in [0.1, 0.15) is 0 Å². The van der Waals surface area contributed by atoms with Crippen LogP contribution in [0.2, 0.25) is 0 Å². The maximum absolute atomic E-state index is 11.3. The van der Waals surface area contributed by atoms with Gasteiger partial charge in [0.2, 0.25) is 5.82 Å². The second kappa shape index (κ2) is 4.42. The molecule has 0 bridgehead atoms. The lowest BCUT2D eigenvalue weighted by Crippen LogP contribution is -2.24. The monoisotopic (exact) mass is 246 g/mol. The van der Waals surface area contributed by atoms with Crippen molar-refractivity contribution in [1.82, 2.24) is 9.55 Å². The summed E-state index contributed by atoms with van der Waals surface area (Å²) >= 11 is 0. The first-order valence-corrected chi connectivity index (χ1v) is 6.05. The highest BCUT2D eigenvalue weighted by Crippen LogP contribution is 2.26. The van der Waals surface area contributed by atoms with Crippen LogP contribution in [0.3, 0.4) is 0 Å². The fraction of sp³-hybridized carbons (Fsp3) is 0.385. The molecule has 18 heavy (non-hydrogen) atoms. The number of carbonyl (C=O) groups is 1. The van der Waals surface area contributed by atoms with Crippen LogP contribution in [0.25, 0.3) is 11.0 Å². The Morgan fingerprint density at radius 1 is 1.44 bits per heavy atom. The Balaban J connectivity index is 2.17. The summed E-state index contributed by atoms with van der Waals surface area (Å²) in [4.78, 5) is 15.5. The maximum atomic E-state index is 11.3. The molecule has 0 amide bonds. The lowest BCUT2D eigenvalue weighted by Gasteiger charge is -2.24. The zero-order chi connectivity index (χ0) is 12.5. The van der Waals surface area contributed by atoms with Crippen LogP contribution in [0.5, 0.6) is 0 Å². The molecule has 1 aliphatic rings. The number of carboxylic acids is 1. The van der Waals surface area contributed by atoms with Crippen LogP contribution in [-0.2, 0) is 4.74 Å². The first-order valence-electron chi connectivity index (χ1n) is 6.05. The Morgan fingerprint density at radius 3 is 3.00 bits per heavy atom. The van der Waals surface area contributed by atoms with E-state index in [-0.39, 0.29) is 11.9 Å². The van der Waals surface area contributed by atoms with E-state index in [0.717, 1.165) is 30.5 Å². The van der Waals surface area contributed by atoms with Crippen LogP contribution in [0, 0.1) is 0 Å². The van der Waals surface area contributed by atoms with E-state index in [1.54, 1.807) is 4.57 Å². The number of fused-ring (bicyclic) bond motifs is 1. The molecule has 5 heteroatoms. The lowest BCUT2D eigenvalue weighted by atomic mass is 10.1. The van der Waals surface area contributed by atoms with E-state index in [9.17, 15) is 9.90 Å². The quantitative estimate of drug-likeness (QED) is 0.881. The smallest absolute Gasteiger partial charge is 0.372 e. The van der Waals surface area contributed by atoms with Crippen LogP contribution in [0.15, 0.2) is 24.3 Å². The molecule has 0 aliphatic carbocycles. The fourth-order valence-electron chi connectivity index (χ4n) is 2.49. The van der Waals surface area contributed by atoms with Crippen molar-refractivity contribution in [1.29, 1.82) is 0 Å². The molecule has 94 valence electrons. The maximum Gasteiger partial charge on any atom is 0.372 e. The van der Waals surface area contributed by atoms with Crippen molar-refractivity contribution in [2.45, 2.75) is 18.9 Å². The average Bonchev–Trinajstić information content (AvgIpc) is 2.79. The van der Waals surface area contributed by atoms with E-state index in [1.807, 2.05) is 24.3 Å². The number of hydrogen-bond acceptors (Lipinski definition) is 3. The van der Waals surface area contributed by atoms with E-state index in [2.05, 4.69) is 4.98 Å².